The maximum absolute atomic E-state index is 11.7. The first kappa shape index (κ1) is 25.8. The molecular formula is C26H35N3O2. The fourth-order valence-electron chi connectivity index (χ4n) is 3.02. The molecule has 31 heavy (non-hydrogen) atoms. The zero-order valence-electron chi connectivity index (χ0n) is 19.6. The highest BCUT2D eigenvalue weighted by molar-refractivity contribution is 6.02. The molecule has 0 aliphatic carbocycles. The van der Waals surface area contributed by atoms with Crippen molar-refractivity contribution in [2.75, 3.05) is 13.6 Å². The molecule has 1 saturated heterocycles. The number of carbonyl (C=O) groups excluding carboxylic acids is 2. The number of hydrogen-bond donors (Lipinski definition) is 1. The molecule has 0 spiro atoms. The highest BCUT2D eigenvalue weighted by atomic mass is 16.2. The second-order valence-electron chi connectivity index (χ2n) is 6.63. The molecule has 2 aromatic rings. The lowest BCUT2D eigenvalue weighted by molar-refractivity contribution is -0.128. The van der Waals surface area contributed by atoms with Crippen LogP contribution in [0.5, 0.6) is 0 Å². The van der Waals surface area contributed by atoms with E-state index in [4.69, 9.17) is 0 Å². The maximum Gasteiger partial charge on any atom is 0.253 e. The molecule has 1 aromatic heterocycles. The minimum atomic E-state index is -0.178. The Kier molecular flexibility index (Phi) is 11.6. The molecule has 1 fully saturated rings. The van der Waals surface area contributed by atoms with Gasteiger partial charge in [0.05, 0.1) is 17.8 Å². The van der Waals surface area contributed by atoms with E-state index in [1.165, 1.54) is 21.6 Å². The predicted octanol–water partition coefficient (Wildman–Crippen LogP) is 5.15. The minimum Gasteiger partial charge on any atom is -0.343 e. The molecule has 0 saturated carbocycles. The summed E-state index contributed by atoms with van der Waals surface area (Å²) in [7, 11) is 1.68. The summed E-state index contributed by atoms with van der Waals surface area (Å²) < 4.78 is 0. The zero-order chi connectivity index (χ0) is 23.2. The summed E-state index contributed by atoms with van der Waals surface area (Å²) in [5.74, 6) is -0.279. The zero-order valence-corrected chi connectivity index (χ0v) is 19.6. The summed E-state index contributed by atoms with van der Waals surface area (Å²) in [6, 6.07) is 12.7. The van der Waals surface area contributed by atoms with Crippen molar-refractivity contribution in [3.63, 3.8) is 0 Å². The SMILES string of the molecule is C/C=C1\C(=C/CC)C(=O)NCC(=O)N1C.CC.CCc1ccc(-c2cccnc2)cc1. The third-order valence-electron chi connectivity index (χ3n) is 4.69. The Morgan fingerprint density at radius 2 is 1.74 bits per heavy atom. The van der Waals surface area contributed by atoms with Crippen molar-refractivity contribution in [3.8, 4) is 11.1 Å². The van der Waals surface area contributed by atoms with Crippen LogP contribution in [-0.2, 0) is 16.0 Å². The molecule has 2 amide bonds. The van der Waals surface area contributed by atoms with Crippen LogP contribution in [0, 0.1) is 0 Å². The Labute approximate surface area is 186 Å². The second kappa shape index (κ2) is 13.9. The minimum absolute atomic E-state index is 0.0632. The van der Waals surface area contributed by atoms with Gasteiger partial charge in [-0.05, 0) is 42.5 Å². The van der Waals surface area contributed by atoms with E-state index in [1.54, 1.807) is 19.3 Å². The molecule has 2 heterocycles. The van der Waals surface area contributed by atoms with Gasteiger partial charge in [-0.3, -0.25) is 14.6 Å². The number of benzene rings is 1. The monoisotopic (exact) mass is 421 g/mol. The lowest BCUT2D eigenvalue weighted by Crippen LogP contribution is -2.31. The first-order valence-electron chi connectivity index (χ1n) is 10.9. The number of nitrogens with zero attached hydrogens (tertiary/aromatic N) is 2. The van der Waals surface area contributed by atoms with Crippen LogP contribution < -0.4 is 5.32 Å². The number of aromatic nitrogens is 1. The number of pyridine rings is 1. The number of nitrogens with one attached hydrogen (secondary N) is 1. The lowest BCUT2D eigenvalue weighted by Gasteiger charge is -2.17. The quantitative estimate of drug-likeness (QED) is 0.697. The van der Waals surface area contributed by atoms with E-state index in [9.17, 15) is 9.59 Å². The number of amides is 2. The average Bonchev–Trinajstić information content (AvgIpc) is 2.93. The van der Waals surface area contributed by atoms with Crippen molar-refractivity contribution in [2.45, 2.75) is 47.5 Å². The van der Waals surface area contributed by atoms with Gasteiger partial charge in [0.25, 0.3) is 5.91 Å². The summed E-state index contributed by atoms with van der Waals surface area (Å²) in [5, 5.41) is 2.58. The van der Waals surface area contributed by atoms with Crippen LogP contribution in [-0.4, -0.2) is 35.3 Å². The van der Waals surface area contributed by atoms with E-state index in [1.807, 2.05) is 46.0 Å². The molecule has 0 radical (unpaired) electrons. The Hall–Kier alpha value is -3.21. The van der Waals surface area contributed by atoms with Crippen molar-refractivity contribution >= 4 is 11.8 Å². The highest BCUT2D eigenvalue weighted by Crippen LogP contribution is 2.19. The van der Waals surface area contributed by atoms with Crippen LogP contribution in [0.25, 0.3) is 11.1 Å². The van der Waals surface area contributed by atoms with Gasteiger partial charge < -0.3 is 10.2 Å². The molecule has 1 aliphatic rings. The van der Waals surface area contributed by atoms with Crippen molar-refractivity contribution in [1.82, 2.24) is 15.2 Å². The van der Waals surface area contributed by atoms with Gasteiger partial charge >= 0.3 is 0 Å². The van der Waals surface area contributed by atoms with E-state index < -0.39 is 0 Å². The number of likely N-dealkylation sites (N-methyl/N-ethyl adjacent to an activating group) is 1. The normalized spacial score (nSPS) is 16.0. The van der Waals surface area contributed by atoms with Crippen LogP contribution in [0.15, 0.2) is 72.2 Å². The molecule has 5 heteroatoms. The van der Waals surface area contributed by atoms with E-state index in [-0.39, 0.29) is 18.4 Å². The van der Waals surface area contributed by atoms with E-state index in [0.29, 0.717) is 11.3 Å². The molecule has 3 rings (SSSR count). The summed E-state index contributed by atoms with van der Waals surface area (Å²) in [4.78, 5) is 28.8. The van der Waals surface area contributed by atoms with Crippen molar-refractivity contribution in [2.24, 2.45) is 0 Å². The van der Waals surface area contributed by atoms with E-state index in [2.05, 4.69) is 47.6 Å². The van der Waals surface area contributed by atoms with Crippen molar-refractivity contribution < 1.29 is 9.59 Å². The highest BCUT2D eigenvalue weighted by Gasteiger charge is 2.25. The van der Waals surface area contributed by atoms with E-state index in [0.717, 1.165) is 12.8 Å². The molecule has 0 unspecified atom stereocenters. The molecule has 5 nitrogen and oxygen atoms in total. The maximum atomic E-state index is 11.7. The van der Waals surface area contributed by atoms with Crippen LogP contribution in [0.2, 0.25) is 0 Å². The third kappa shape index (κ3) is 7.52. The van der Waals surface area contributed by atoms with Crippen LogP contribution >= 0.6 is 0 Å². The lowest BCUT2D eigenvalue weighted by atomic mass is 10.1. The molecule has 0 atom stereocenters. The van der Waals surface area contributed by atoms with Gasteiger partial charge in [0.1, 0.15) is 0 Å². The molecule has 1 N–H and O–H groups in total. The fourth-order valence-corrected chi connectivity index (χ4v) is 3.02. The largest absolute Gasteiger partial charge is 0.343 e. The fraction of sp³-hybridized carbons (Fsp3) is 0.346. The van der Waals surface area contributed by atoms with Gasteiger partial charge in [-0.2, -0.15) is 0 Å². The number of hydrogen-bond acceptors (Lipinski definition) is 3. The molecule has 1 aliphatic heterocycles. The summed E-state index contributed by atoms with van der Waals surface area (Å²) >= 11 is 0. The first-order chi connectivity index (χ1) is 15.0. The molecule has 0 bridgehead atoms. The number of carbonyl (C=O) groups is 2. The van der Waals surface area contributed by atoms with Crippen LogP contribution in [0.1, 0.15) is 46.6 Å². The Morgan fingerprint density at radius 1 is 1.06 bits per heavy atom. The topological polar surface area (TPSA) is 62.3 Å². The standard InChI is InChI=1S/C13H13N.C11H16N2O2.C2H6/c1-2-11-5-7-12(8-6-11)13-4-3-9-14-10-13;1-4-6-8-9(5-2)13(3)10(14)7-12-11(8)15;1-2/h3-10H,2H2,1H3;5-6H,4,7H2,1-3H3,(H,12,15);1-2H3/b;8-6+,9-5+;. The van der Waals surface area contributed by atoms with Gasteiger partial charge in [0.15, 0.2) is 0 Å². The number of rotatable bonds is 3. The summed E-state index contributed by atoms with van der Waals surface area (Å²) in [6.07, 6.45) is 9.16. The van der Waals surface area contributed by atoms with Crippen molar-refractivity contribution in [1.29, 1.82) is 0 Å². The third-order valence-corrected chi connectivity index (χ3v) is 4.69. The van der Waals surface area contributed by atoms with Crippen molar-refractivity contribution in [3.05, 3.63) is 77.8 Å². The number of aryl methyl sites for hydroxylation is 1. The van der Waals surface area contributed by atoms with Crippen LogP contribution in [0.4, 0.5) is 0 Å². The predicted molar refractivity (Wildman–Crippen MR) is 128 cm³/mol. The number of allylic oxidation sites excluding steroid dienone is 2. The Bertz CT molecular complexity index is 885. The van der Waals surface area contributed by atoms with Gasteiger partial charge in [-0.25, -0.2) is 0 Å². The van der Waals surface area contributed by atoms with E-state index >= 15 is 0 Å². The van der Waals surface area contributed by atoms with Gasteiger partial charge in [-0.15, -0.1) is 0 Å². The molecule has 166 valence electrons. The Morgan fingerprint density at radius 3 is 2.26 bits per heavy atom. The smallest absolute Gasteiger partial charge is 0.253 e. The van der Waals surface area contributed by atoms with Gasteiger partial charge in [0.2, 0.25) is 5.91 Å². The molecular weight excluding hydrogens is 386 g/mol. The average molecular weight is 422 g/mol. The Balaban J connectivity index is 0.000000287. The molecule has 1 aromatic carbocycles. The second-order valence-corrected chi connectivity index (χ2v) is 6.63. The summed E-state index contributed by atoms with van der Waals surface area (Å²) in [5.41, 5.74) is 5.04. The van der Waals surface area contributed by atoms with Gasteiger partial charge in [-0.1, -0.05) is 70.2 Å². The van der Waals surface area contributed by atoms with Gasteiger partial charge in [0, 0.05) is 19.4 Å². The summed E-state index contributed by atoms with van der Waals surface area (Å²) in [6.45, 7) is 10.0. The first-order valence-corrected chi connectivity index (χ1v) is 10.9. The van der Waals surface area contributed by atoms with Crippen LogP contribution in [0.3, 0.4) is 0 Å².